The molecule has 3 aliphatic rings. The Bertz CT molecular complexity index is 3020. The largest absolute Gasteiger partial charge is 0.508 e. The second-order valence-electron chi connectivity index (χ2n) is 18.3. The SMILES string of the molecule is Cc1c(N(C(=O)c2cc(-c3cc4c(cc3C(=O)N3Cc5ccccc5C[C@H]3C)CN(C(=O)Cc3cc(F)c(OCCN5CCOCC5)cc3F)CC4)n(C)c2C)c2ccc(O)cc2)cc(C#N)n1C. The van der Waals surface area contributed by atoms with Crippen LogP contribution in [0.5, 0.6) is 11.5 Å². The third-order valence-corrected chi connectivity index (χ3v) is 14.1. The molecule has 1 atom stereocenters. The summed E-state index contributed by atoms with van der Waals surface area (Å²) >= 11 is 0. The van der Waals surface area contributed by atoms with Gasteiger partial charge in [0.05, 0.1) is 30.9 Å². The summed E-state index contributed by atoms with van der Waals surface area (Å²) in [7, 11) is 3.62. The van der Waals surface area contributed by atoms with E-state index < -0.39 is 11.6 Å². The number of hydrogen-bond donors (Lipinski definition) is 1. The van der Waals surface area contributed by atoms with Gasteiger partial charge in [0.1, 0.15) is 29.9 Å². The number of carbonyl (C=O) groups excluding carboxylic acids is 3. The quantitative estimate of drug-likeness (QED) is 0.139. The number of rotatable bonds is 11. The first-order valence-corrected chi connectivity index (χ1v) is 23.3. The average molecular weight is 936 g/mol. The molecule has 0 radical (unpaired) electrons. The van der Waals surface area contributed by atoms with Crippen LogP contribution in [0.3, 0.4) is 0 Å². The van der Waals surface area contributed by atoms with E-state index in [4.69, 9.17) is 9.47 Å². The number of carbonyl (C=O) groups is 3. The Kier molecular flexibility index (Phi) is 13.1. The van der Waals surface area contributed by atoms with Gasteiger partial charge in [-0.15, -0.1) is 0 Å². The van der Waals surface area contributed by atoms with Crippen molar-refractivity contribution in [1.82, 2.24) is 23.8 Å². The molecule has 9 rings (SSSR count). The van der Waals surface area contributed by atoms with Crippen molar-refractivity contribution in [1.29, 1.82) is 5.26 Å². The summed E-state index contributed by atoms with van der Waals surface area (Å²) in [5.74, 6) is -2.60. The van der Waals surface area contributed by atoms with Crippen LogP contribution in [-0.2, 0) is 56.0 Å². The molecule has 6 aromatic rings. The van der Waals surface area contributed by atoms with Gasteiger partial charge in [-0.2, -0.15) is 5.26 Å². The smallest absolute Gasteiger partial charge is 0.264 e. The number of nitrogens with zero attached hydrogens (tertiary/aromatic N) is 7. The number of benzene rings is 4. The van der Waals surface area contributed by atoms with Crippen LogP contribution in [0.2, 0.25) is 0 Å². The van der Waals surface area contributed by atoms with Gasteiger partial charge in [0.2, 0.25) is 5.91 Å². The fraction of sp³-hybridized carbons (Fsp3) is 0.333. The van der Waals surface area contributed by atoms with Gasteiger partial charge in [0.15, 0.2) is 11.6 Å². The zero-order chi connectivity index (χ0) is 48.7. The topological polar surface area (TPSA) is 137 Å². The van der Waals surface area contributed by atoms with Crippen molar-refractivity contribution in [2.45, 2.75) is 59.2 Å². The van der Waals surface area contributed by atoms with Gasteiger partial charge < -0.3 is 33.5 Å². The summed E-state index contributed by atoms with van der Waals surface area (Å²) in [6, 6.07) is 25.8. The van der Waals surface area contributed by atoms with Gasteiger partial charge in [-0.05, 0) is 110 Å². The monoisotopic (exact) mass is 935 g/mol. The third kappa shape index (κ3) is 9.22. The molecule has 3 aliphatic heterocycles. The standard InChI is InChI=1S/C54H55F2N7O6/c1-33-22-36-8-6-7-9-38(36)32-62(33)53(66)46-24-40-31-61(52(65)26-39-25-48(56)51(29-47(39)55)69-21-18-60-16-19-68-20-17-60)15-14-37(40)23-45(46)50-28-44(34(2)59(50)5)54(67)63(41-10-12-43(64)13-11-41)49-27-42(30-57)58(4)35(49)3/h6-13,23-25,27-29,33,64H,14-22,26,31-32H2,1-5H3/t33-/m1/s1. The number of hydrogen-bond acceptors (Lipinski definition) is 8. The van der Waals surface area contributed by atoms with Gasteiger partial charge >= 0.3 is 0 Å². The summed E-state index contributed by atoms with van der Waals surface area (Å²) in [6.07, 6.45) is 0.743. The molecule has 69 heavy (non-hydrogen) atoms. The van der Waals surface area contributed by atoms with Crippen molar-refractivity contribution in [2.75, 3.05) is 50.9 Å². The van der Waals surface area contributed by atoms with E-state index in [0.717, 1.165) is 41.9 Å². The highest BCUT2D eigenvalue weighted by Gasteiger charge is 2.34. The molecule has 15 heteroatoms. The molecule has 5 heterocycles. The second-order valence-corrected chi connectivity index (χ2v) is 18.3. The molecule has 0 spiro atoms. The van der Waals surface area contributed by atoms with E-state index in [-0.39, 0.29) is 60.4 Å². The summed E-state index contributed by atoms with van der Waals surface area (Å²) < 4.78 is 45.4. The molecule has 0 saturated carbocycles. The second kappa shape index (κ2) is 19.4. The van der Waals surface area contributed by atoms with Crippen LogP contribution < -0.4 is 9.64 Å². The van der Waals surface area contributed by atoms with Gasteiger partial charge in [0, 0.05) is 105 Å². The number of aromatic nitrogens is 2. The lowest BCUT2D eigenvalue weighted by atomic mass is 9.89. The predicted octanol–water partition coefficient (Wildman–Crippen LogP) is 7.91. The minimum absolute atomic E-state index is 0.0335. The molecule has 4 aromatic carbocycles. The maximum atomic E-state index is 15.5. The van der Waals surface area contributed by atoms with E-state index in [1.807, 2.05) is 67.6 Å². The van der Waals surface area contributed by atoms with E-state index in [1.54, 1.807) is 40.8 Å². The summed E-state index contributed by atoms with van der Waals surface area (Å²) in [6.45, 7) is 10.0. The van der Waals surface area contributed by atoms with Crippen molar-refractivity contribution in [3.63, 3.8) is 0 Å². The van der Waals surface area contributed by atoms with Gasteiger partial charge in [-0.3, -0.25) is 24.2 Å². The van der Waals surface area contributed by atoms with Gasteiger partial charge in [-0.1, -0.05) is 24.3 Å². The van der Waals surface area contributed by atoms with Gasteiger partial charge in [-0.25, -0.2) is 8.78 Å². The molecule has 3 amide bonds. The highest BCUT2D eigenvalue weighted by molar-refractivity contribution is 6.13. The number of morpholine rings is 1. The Morgan fingerprint density at radius 3 is 2.30 bits per heavy atom. The van der Waals surface area contributed by atoms with E-state index in [1.165, 1.54) is 22.6 Å². The zero-order valence-electron chi connectivity index (χ0n) is 39.5. The average Bonchev–Trinajstić information content (AvgIpc) is 3.81. The Hall–Kier alpha value is -7.28. The molecule has 356 valence electrons. The van der Waals surface area contributed by atoms with Crippen LogP contribution in [0.15, 0.2) is 84.9 Å². The van der Waals surface area contributed by atoms with E-state index in [2.05, 4.69) is 17.0 Å². The van der Waals surface area contributed by atoms with Crippen molar-refractivity contribution in [3.05, 3.63) is 153 Å². The fourth-order valence-corrected chi connectivity index (χ4v) is 9.80. The van der Waals surface area contributed by atoms with Crippen molar-refractivity contribution in [3.8, 4) is 28.8 Å². The Morgan fingerprint density at radius 1 is 0.841 bits per heavy atom. The van der Waals surface area contributed by atoms with Crippen LogP contribution in [0.25, 0.3) is 11.3 Å². The lowest BCUT2D eigenvalue weighted by Gasteiger charge is -2.36. The number of halogens is 2. The molecule has 0 aliphatic carbocycles. The van der Waals surface area contributed by atoms with E-state index in [0.29, 0.717) is 96.5 Å². The normalized spacial score (nSPS) is 15.9. The fourth-order valence-electron chi connectivity index (χ4n) is 9.80. The first-order chi connectivity index (χ1) is 33.2. The molecule has 13 nitrogen and oxygen atoms in total. The molecular weight excluding hydrogens is 881 g/mol. The Morgan fingerprint density at radius 2 is 1.58 bits per heavy atom. The maximum Gasteiger partial charge on any atom is 0.264 e. The highest BCUT2D eigenvalue weighted by Crippen LogP contribution is 2.38. The molecule has 0 bridgehead atoms. The molecular formula is C54H55F2N7O6. The number of ether oxygens (including phenoxy) is 2. The first-order valence-electron chi connectivity index (χ1n) is 23.3. The molecule has 0 unspecified atom stereocenters. The number of aromatic hydroxyl groups is 1. The number of nitriles is 1. The number of phenolic OH excluding ortho intramolecular Hbond substituents is 1. The van der Waals surface area contributed by atoms with Gasteiger partial charge in [0.25, 0.3) is 11.8 Å². The molecule has 1 saturated heterocycles. The lowest BCUT2D eigenvalue weighted by Crippen LogP contribution is -2.43. The third-order valence-electron chi connectivity index (χ3n) is 14.1. The summed E-state index contributed by atoms with van der Waals surface area (Å²) in [5.41, 5.74) is 8.55. The number of phenols is 1. The van der Waals surface area contributed by atoms with Crippen molar-refractivity contribution >= 4 is 29.1 Å². The van der Waals surface area contributed by atoms with Crippen LogP contribution in [0, 0.1) is 36.8 Å². The molecule has 1 fully saturated rings. The zero-order valence-corrected chi connectivity index (χ0v) is 39.5. The number of fused-ring (bicyclic) bond motifs is 2. The predicted molar refractivity (Wildman–Crippen MR) is 256 cm³/mol. The van der Waals surface area contributed by atoms with E-state index in [9.17, 15) is 15.2 Å². The van der Waals surface area contributed by atoms with E-state index >= 15 is 18.4 Å². The summed E-state index contributed by atoms with van der Waals surface area (Å²) in [4.78, 5) is 51.3. The van der Waals surface area contributed by atoms with Crippen molar-refractivity contribution < 1.29 is 37.7 Å². The lowest BCUT2D eigenvalue weighted by molar-refractivity contribution is -0.131. The first kappa shape index (κ1) is 46.8. The molecule has 2 aromatic heterocycles. The summed E-state index contributed by atoms with van der Waals surface area (Å²) in [5, 5.41) is 20.1. The highest BCUT2D eigenvalue weighted by atomic mass is 19.1. The van der Waals surface area contributed by atoms with Crippen molar-refractivity contribution in [2.24, 2.45) is 14.1 Å². The van der Waals surface area contributed by atoms with Crippen LogP contribution in [0.1, 0.15) is 72.5 Å². The minimum atomic E-state index is -0.743. The number of anilines is 2. The maximum absolute atomic E-state index is 15.5. The van der Waals surface area contributed by atoms with Crippen LogP contribution >= 0.6 is 0 Å². The number of amides is 3. The minimum Gasteiger partial charge on any atom is -0.508 e. The molecule has 1 N–H and O–H groups in total. The van der Waals surface area contributed by atoms with Crippen LogP contribution in [0.4, 0.5) is 20.2 Å². The Balaban J connectivity index is 1.04. The van der Waals surface area contributed by atoms with Crippen LogP contribution in [-0.4, -0.2) is 98.7 Å². The Labute approximate surface area is 400 Å².